The second-order valence-electron chi connectivity index (χ2n) is 7.79. The lowest BCUT2D eigenvalue weighted by Crippen LogP contribution is -2.20. The summed E-state index contributed by atoms with van der Waals surface area (Å²) in [5, 5.41) is 29.2. The molecule has 9 nitrogen and oxygen atoms in total. The molecule has 0 saturated carbocycles. The fourth-order valence-corrected chi connectivity index (χ4v) is 4.68. The van der Waals surface area contributed by atoms with Gasteiger partial charge in [0.2, 0.25) is 0 Å². The molecule has 0 aliphatic heterocycles. The molecular formula is C27H21Br3N4O5S. The summed E-state index contributed by atoms with van der Waals surface area (Å²) in [6.45, 7) is 0. The maximum atomic E-state index is 11.9. The van der Waals surface area contributed by atoms with Crippen LogP contribution in [0.25, 0.3) is 0 Å². The van der Waals surface area contributed by atoms with Crippen LogP contribution in [0.3, 0.4) is 0 Å². The van der Waals surface area contributed by atoms with E-state index < -0.39 is 17.7 Å². The molecule has 6 N–H and O–H groups in total. The van der Waals surface area contributed by atoms with E-state index in [-0.39, 0.29) is 17.3 Å². The summed E-state index contributed by atoms with van der Waals surface area (Å²) >= 11 is 14.3. The minimum Gasteiger partial charge on any atom is -0.505 e. The molecule has 0 spiro atoms. The van der Waals surface area contributed by atoms with Gasteiger partial charge in [-0.2, -0.15) is 0 Å². The summed E-state index contributed by atoms with van der Waals surface area (Å²) in [6.07, 6.45) is 0. The van der Waals surface area contributed by atoms with E-state index >= 15 is 0 Å². The lowest BCUT2D eigenvalue weighted by atomic mass is 10.1. The van der Waals surface area contributed by atoms with E-state index in [4.69, 9.17) is 5.11 Å². The average Bonchev–Trinajstić information content (AvgIpc) is 2.90. The Balaban J connectivity index is 0.000000222. The summed E-state index contributed by atoms with van der Waals surface area (Å²) in [6, 6.07) is 23.0. The lowest BCUT2D eigenvalue weighted by Gasteiger charge is -2.11. The molecule has 40 heavy (non-hydrogen) atoms. The number of thiol groups is 1. The van der Waals surface area contributed by atoms with E-state index in [0.717, 1.165) is 8.95 Å². The van der Waals surface area contributed by atoms with Crippen molar-refractivity contribution >= 4 is 101 Å². The molecule has 4 rings (SSSR count). The number of carbonyl (C=O) groups is 3. The van der Waals surface area contributed by atoms with Gasteiger partial charge in [-0.1, -0.05) is 46.3 Å². The van der Waals surface area contributed by atoms with E-state index in [0.29, 0.717) is 26.4 Å². The molecule has 0 atom stereocenters. The number of carbonyl (C=O) groups excluding carboxylic acids is 2. The van der Waals surface area contributed by atoms with Gasteiger partial charge in [0.15, 0.2) is 5.75 Å². The Labute approximate surface area is 260 Å². The fourth-order valence-electron chi connectivity index (χ4n) is 3.10. The zero-order chi connectivity index (χ0) is 29.2. The molecule has 0 aromatic heterocycles. The minimum atomic E-state index is -1.28. The number of para-hydroxylation sites is 3. The molecule has 4 aromatic rings. The molecule has 4 amide bonds. The standard InChI is InChI=1S/C14H11BrN2O4.C13H10Br2N2OS/c15-9-5-1-2-6-10(9)16-14(21)17-11-7-3-4-8(12(11)18)13(19)20;14-8-5-6-11(12(19)7-8)17-13(18)16-10-4-2-1-3-9(10)15/h1-7,18H,(H,19,20)(H2,16,17,21);1-7,19H,(H2,16,17,18). The quantitative estimate of drug-likeness (QED) is 0.0808. The second kappa shape index (κ2) is 14.7. The maximum Gasteiger partial charge on any atom is 0.339 e. The summed E-state index contributed by atoms with van der Waals surface area (Å²) < 4.78 is 2.44. The number of aromatic carboxylic acids is 1. The SMILES string of the molecule is O=C(Nc1ccc(Br)cc1S)Nc1ccccc1Br.O=C(Nc1ccccc1Br)Nc1cccc(C(=O)O)c1O. The highest BCUT2D eigenvalue weighted by Crippen LogP contribution is 2.28. The van der Waals surface area contributed by atoms with Gasteiger partial charge in [0.25, 0.3) is 0 Å². The molecule has 0 saturated heterocycles. The predicted octanol–water partition coefficient (Wildman–Crippen LogP) is 8.64. The number of anilines is 4. The van der Waals surface area contributed by atoms with Crippen molar-refractivity contribution in [2.75, 3.05) is 21.3 Å². The number of hydrogen-bond donors (Lipinski definition) is 7. The third-order valence-electron chi connectivity index (χ3n) is 4.97. The van der Waals surface area contributed by atoms with Crippen LogP contribution in [-0.4, -0.2) is 28.2 Å². The van der Waals surface area contributed by atoms with Crippen molar-refractivity contribution in [1.29, 1.82) is 0 Å². The molecule has 13 heteroatoms. The highest BCUT2D eigenvalue weighted by atomic mass is 79.9. The number of nitrogens with one attached hydrogen (secondary N) is 4. The van der Waals surface area contributed by atoms with E-state index in [2.05, 4.69) is 81.7 Å². The highest BCUT2D eigenvalue weighted by molar-refractivity contribution is 9.11. The normalized spacial score (nSPS) is 10.0. The number of aromatic hydroxyl groups is 1. The largest absolute Gasteiger partial charge is 0.505 e. The average molecular weight is 753 g/mol. The predicted molar refractivity (Wildman–Crippen MR) is 170 cm³/mol. The first-order valence-electron chi connectivity index (χ1n) is 11.2. The van der Waals surface area contributed by atoms with Crippen molar-refractivity contribution in [3.05, 3.63) is 104 Å². The molecule has 0 fully saturated rings. The number of urea groups is 2. The van der Waals surface area contributed by atoms with Crippen molar-refractivity contribution in [3.63, 3.8) is 0 Å². The second-order valence-corrected chi connectivity index (χ2v) is 10.9. The Bertz CT molecular complexity index is 1550. The van der Waals surface area contributed by atoms with Crippen LogP contribution in [0.1, 0.15) is 10.4 Å². The number of rotatable bonds is 5. The van der Waals surface area contributed by atoms with Crippen LogP contribution in [0.15, 0.2) is 103 Å². The molecule has 0 bridgehead atoms. The molecule has 0 radical (unpaired) electrons. The van der Waals surface area contributed by atoms with E-state index in [1.165, 1.54) is 18.2 Å². The van der Waals surface area contributed by atoms with Gasteiger partial charge in [-0.3, -0.25) is 0 Å². The van der Waals surface area contributed by atoms with Gasteiger partial charge in [-0.15, -0.1) is 12.6 Å². The van der Waals surface area contributed by atoms with Gasteiger partial charge in [0, 0.05) is 18.3 Å². The van der Waals surface area contributed by atoms with Crippen molar-refractivity contribution in [2.24, 2.45) is 0 Å². The Morgan fingerprint density at radius 2 is 1.10 bits per heavy atom. The Morgan fingerprint density at radius 3 is 1.60 bits per heavy atom. The Morgan fingerprint density at radius 1 is 0.625 bits per heavy atom. The number of hydrogen-bond acceptors (Lipinski definition) is 5. The molecule has 0 heterocycles. The molecular weight excluding hydrogens is 732 g/mol. The summed E-state index contributed by atoms with van der Waals surface area (Å²) in [4.78, 5) is 35.3. The van der Waals surface area contributed by atoms with Gasteiger partial charge in [0.05, 0.1) is 22.7 Å². The first-order valence-corrected chi connectivity index (χ1v) is 14.1. The van der Waals surface area contributed by atoms with Crippen LogP contribution in [-0.2, 0) is 0 Å². The molecule has 206 valence electrons. The zero-order valence-electron chi connectivity index (χ0n) is 20.3. The van der Waals surface area contributed by atoms with Crippen molar-refractivity contribution in [2.45, 2.75) is 4.90 Å². The first-order chi connectivity index (χ1) is 19.0. The number of halogens is 3. The molecule has 4 aromatic carbocycles. The van der Waals surface area contributed by atoms with Crippen molar-refractivity contribution in [1.82, 2.24) is 0 Å². The van der Waals surface area contributed by atoms with Gasteiger partial charge in [0.1, 0.15) is 5.56 Å². The zero-order valence-corrected chi connectivity index (χ0v) is 25.9. The van der Waals surface area contributed by atoms with Gasteiger partial charge < -0.3 is 31.5 Å². The fraction of sp³-hybridized carbons (Fsp3) is 0. The van der Waals surface area contributed by atoms with Crippen LogP contribution in [0.4, 0.5) is 32.3 Å². The molecule has 0 aliphatic carbocycles. The summed E-state index contributed by atoms with van der Waals surface area (Å²) in [5.41, 5.74) is 1.63. The summed E-state index contributed by atoms with van der Waals surface area (Å²) in [5.74, 6) is -1.77. The van der Waals surface area contributed by atoms with Crippen LogP contribution < -0.4 is 21.3 Å². The number of phenols is 1. The Kier molecular flexibility index (Phi) is 11.4. The topological polar surface area (TPSA) is 140 Å². The Hall–Kier alpha value is -3.52. The minimum absolute atomic E-state index is 0.0134. The molecule has 0 unspecified atom stereocenters. The number of benzene rings is 4. The van der Waals surface area contributed by atoms with Crippen LogP contribution in [0.2, 0.25) is 0 Å². The summed E-state index contributed by atoms with van der Waals surface area (Å²) in [7, 11) is 0. The van der Waals surface area contributed by atoms with Crippen LogP contribution in [0, 0.1) is 0 Å². The number of amides is 4. The van der Waals surface area contributed by atoms with Crippen molar-refractivity contribution < 1.29 is 24.6 Å². The van der Waals surface area contributed by atoms with E-state index in [9.17, 15) is 19.5 Å². The first kappa shape index (κ1) is 31.0. The van der Waals surface area contributed by atoms with E-state index in [1.54, 1.807) is 30.3 Å². The van der Waals surface area contributed by atoms with Crippen LogP contribution in [0.5, 0.6) is 5.75 Å². The lowest BCUT2D eigenvalue weighted by molar-refractivity contribution is 0.0693. The third-order valence-corrected chi connectivity index (χ3v) is 7.21. The molecule has 0 aliphatic rings. The number of carboxylic acids is 1. The highest BCUT2D eigenvalue weighted by Gasteiger charge is 2.15. The van der Waals surface area contributed by atoms with Gasteiger partial charge in [-0.25, -0.2) is 14.4 Å². The monoisotopic (exact) mass is 750 g/mol. The van der Waals surface area contributed by atoms with Gasteiger partial charge in [-0.05, 0) is 86.5 Å². The maximum absolute atomic E-state index is 11.9. The smallest absolute Gasteiger partial charge is 0.339 e. The third kappa shape index (κ3) is 9.01. The van der Waals surface area contributed by atoms with Crippen molar-refractivity contribution in [3.8, 4) is 5.75 Å². The number of carboxylic acid groups (broad SMARTS) is 1. The van der Waals surface area contributed by atoms with Crippen LogP contribution >= 0.6 is 60.4 Å². The van der Waals surface area contributed by atoms with E-state index in [1.807, 2.05) is 36.4 Å². The van der Waals surface area contributed by atoms with Gasteiger partial charge >= 0.3 is 18.0 Å².